The van der Waals surface area contributed by atoms with E-state index < -0.39 is 67.4 Å². The predicted octanol–water partition coefficient (Wildman–Crippen LogP) is 21.0. The topological polar surface area (TPSA) is 175 Å². The molecule has 0 radical (unpaired) electrons. The maximum atomic E-state index is 13.5. The summed E-state index contributed by atoms with van der Waals surface area (Å²) in [4.78, 5) is 26.8. The van der Waals surface area contributed by atoms with Gasteiger partial charge in [0.1, 0.15) is 24.4 Å². The van der Waals surface area contributed by atoms with Crippen molar-refractivity contribution in [3.05, 3.63) is 12.2 Å². The van der Waals surface area contributed by atoms with Crippen molar-refractivity contribution in [3.63, 3.8) is 0 Å². The van der Waals surface area contributed by atoms with Gasteiger partial charge < -0.3 is 45.1 Å². The third-order valence-electron chi connectivity index (χ3n) is 19.2. The average Bonchev–Trinajstić information content (AvgIpc) is 3.17. The van der Waals surface area contributed by atoms with Crippen molar-refractivity contribution < 1.29 is 49.3 Å². The Morgan fingerprint density at radius 2 is 0.730 bits per heavy atom. The van der Waals surface area contributed by atoms with Crippen molar-refractivity contribution in [1.29, 1.82) is 0 Å². The first-order valence-electron chi connectivity index (χ1n) is 39.5. The third kappa shape index (κ3) is 53.4. The number of aliphatic hydroxyl groups is 5. The van der Waals surface area contributed by atoms with Gasteiger partial charge in [-0.15, -0.1) is 0 Å². The van der Waals surface area contributed by atoms with Crippen LogP contribution in [0.4, 0.5) is 0 Å². The second kappa shape index (κ2) is 66.4. The van der Waals surface area contributed by atoms with Gasteiger partial charge in [0.15, 0.2) is 12.4 Å². The summed E-state index contributed by atoms with van der Waals surface area (Å²) in [6, 6.07) is -1.02. The molecule has 11 heteroatoms. The molecule has 0 saturated carbocycles. The lowest BCUT2D eigenvalue weighted by molar-refractivity contribution is -0.305. The summed E-state index contributed by atoms with van der Waals surface area (Å²) >= 11 is 0. The van der Waals surface area contributed by atoms with Gasteiger partial charge in [-0.2, -0.15) is 0 Å². The van der Waals surface area contributed by atoms with Crippen LogP contribution in [0.15, 0.2) is 12.2 Å². The molecule has 0 spiro atoms. The fraction of sp³-hybridized carbons (Fsp3) is 0.949. The lowest BCUT2D eigenvalue weighted by Gasteiger charge is -2.41. The van der Waals surface area contributed by atoms with Gasteiger partial charge >= 0.3 is 5.97 Å². The molecule has 11 nitrogen and oxygen atoms in total. The normalized spacial score (nSPS) is 18.0. The quantitative estimate of drug-likeness (QED) is 0.0195. The number of nitrogens with one attached hydrogen (secondary N) is 1. The summed E-state index contributed by atoms with van der Waals surface area (Å²) in [5, 5.41) is 57.4. The van der Waals surface area contributed by atoms with Crippen LogP contribution in [0.3, 0.4) is 0 Å². The van der Waals surface area contributed by atoms with Crippen LogP contribution >= 0.6 is 0 Å². The van der Waals surface area contributed by atoms with E-state index in [4.69, 9.17) is 14.2 Å². The highest BCUT2D eigenvalue weighted by atomic mass is 16.7. The number of unbranched alkanes of at least 4 members (excludes halogenated alkanes) is 56. The molecule has 0 aliphatic carbocycles. The summed E-state index contributed by atoms with van der Waals surface area (Å²) in [7, 11) is 0. The molecule has 8 unspecified atom stereocenters. The highest BCUT2D eigenvalue weighted by molar-refractivity contribution is 5.80. The second-order valence-corrected chi connectivity index (χ2v) is 27.8. The molecule has 1 amide bonds. The minimum Gasteiger partial charge on any atom is -0.454 e. The highest BCUT2D eigenvalue weighted by Gasteiger charge is 2.47. The van der Waals surface area contributed by atoms with Gasteiger partial charge in [0.2, 0.25) is 5.91 Å². The van der Waals surface area contributed by atoms with Crippen LogP contribution in [-0.4, -0.2) is 99.6 Å². The number of ether oxygens (including phenoxy) is 3. The number of amides is 1. The average molecular weight is 1260 g/mol. The fourth-order valence-electron chi connectivity index (χ4n) is 13.0. The van der Waals surface area contributed by atoms with Gasteiger partial charge in [-0.1, -0.05) is 392 Å². The van der Waals surface area contributed by atoms with Crippen molar-refractivity contribution in [1.82, 2.24) is 5.32 Å². The van der Waals surface area contributed by atoms with E-state index in [9.17, 15) is 35.1 Å². The summed E-state index contributed by atoms with van der Waals surface area (Å²) in [5.41, 5.74) is 0. The smallest absolute Gasteiger partial charge is 0.306 e. The molecule has 0 aromatic carbocycles. The summed E-state index contributed by atoms with van der Waals surface area (Å²) in [6.45, 7) is 5.89. The molecule has 1 saturated heterocycles. The summed E-state index contributed by atoms with van der Waals surface area (Å²) < 4.78 is 17.8. The monoisotopic (exact) mass is 1260 g/mol. The van der Waals surface area contributed by atoms with Crippen molar-refractivity contribution in [2.45, 2.75) is 461 Å². The molecule has 1 heterocycles. The minimum atomic E-state index is -1.61. The zero-order valence-corrected chi connectivity index (χ0v) is 59.1. The van der Waals surface area contributed by atoms with E-state index in [1.54, 1.807) is 6.08 Å². The minimum absolute atomic E-state index is 0.132. The van der Waals surface area contributed by atoms with Gasteiger partial charge in [-0.25, -0.2) is 0 Å². The molecule has 0 bridgehead atoms. The van der Waals surface area contributed by atoms with E-state index >= 15 is 0 Å². The van der Waals surface area contributed by atoms with Crippen LogP contribution in [-0.2, 0) is 23.8 Å². The first-order valence-corrected chi connectivity index (χ1v) is 39.5. The second-order valence-electron chi connectivity index (χ2n) is 27.8. The number of hydrogen-bond donors (Lipinski definition) is 6. The number of carbonyl (C=O) groups excluding carboxylic acids is 2. The largest absolute Gasteiger partial charge is 0.454 e. The van der Waals surface area contributed by atoms with Crippen molar-refractivity contribution >= 4 is 11.9 Å². The number of hydrogen-bond acceptors (Lipinski definition) is 10. The Bertz CT molecular complexity index is 1500. The molecule has 1 fully saturated rings. The first kappa shape index (κ1) is 85.4. The molecule has 0 aromatic heterocycles. The van der Waals surface area contributed by atoms with Gasteiger partial charge in [-0.3, -0.25) is 9.59 Å². The highest BCUT2D eigenvalue weighted by Crippen LogP contribution is 2.27. The van der Waals surface area contributed by atoms with Gasteiger partial charge in [0.25, 0.3) is 0 Å². The Balaban J connectivity index is 2.50. The number of allylic oxidation sites excluding steroid dienone is 1. The fourth-order valence-corrected chi connectivity index (χ4v) is 13.0. The maximum absolute atomic E-state index is 13.5. The molecule has 89 heavy (non-hydrogen) atoms. The van der Waals surface area contributed by atoms with Crippen LogP contribution in [0.25, 0.3) is 0 Å². The predicted molar refractivity (Wildman–Crippen MR) is 375 cm³/mol. The Labute approximate surface area is 550 Å². The van der Waals surface area contributed by atoms with Crippen molar-refractivity contribution in [2.24, 2.45) is 0 Å². The number of esters is 1. The van der Waals surface area contributed by atoms with Crippen molar-refractivity contribution in [3.8, 4) is 0 Å². The van der Waals surface area contributed by atoms with Crippen LogP contribution in [0.5, 0.6) is 0 Å². The zero-order chi connectivity index (χ0) is 64.6. The van der Waals surface area contributed by atoms with Gasteiger partial charge in [0, 0.05) is 6.42 Å². The Hall–Kier alpha value is -1.60. The van der Waals surface area contributed by atoms with E-state index in [1.165, 1.54) is 308 Å². The molecule has 8 atom stereocenters. The van der Waals surface area contributed by atoms with Crippen molar-refractivity contribution in [2.75, 3.05) is 13.2 Å². The Kier molecular flexibility index (Phi) is 63.7. The molecule has 0 aromatic rings. The standard InChI is InChI=1S/C78H151NO10/c1-4-7-10-13-16-19-22-25-27-29-31-33-34-35-36-37-39-40-42-44-47-50-53-56-59-62-65-71(82)77(86)79-69(70(81)64-61-58-55-52-49-46-24-21-18-15-12-9-6-3)68-87-78-76(75(85)74(84)72(67-80)88-78)89-73(83)66-63-60-57-54-51-48-45-43-41-38-32-30-28-26-23-20-17-14-11-8-5-2/h61,64,69-72,74-76,78,80-82,84-85H,4-60,62-63,65-68H2,1-3H3,(H,79,86)/b64-61+. The zero-order valence-electron chi connectivity index (χ0n) is 59.1. The molecule has 6 N–H and O–H groups in total. The number of aliphatic hydroxyl groups excluding tert-OH is 5. The SMILES string of the molecule is CCCCCCCCCCCCC/C=C/C(O)C(COC1OC(CO)C(O)C(O)C1OC(=O)CCCCCCCCCCCCCCCCCCCCCCC)NC(=O)C(O)CCCCCCCCCCCCCCCCCCCCCCCCCCCC. The van der Waals surface area contributed by atoms with E-state index in [2.05, 4.69) is 26.1 Å². The van der Waals surface area contributed by atoms with Crippen LogP contribution < -0.4 is 5.32 Å². The summed E-state index contributed by atoms with van der Waals surface area (Å²) in [6.07, 6.45) is 69.9. The molecular formula is C78H151NO10. The van der Waals surface area contributed by atoms with E-state index in [1.807, 2.05) is 6.08 Å². The summed E-state index contributed by atoms with van der Waals surface area (Å²) in [5.74, 6) is -1.17. The van der Waals surface area contributed by atoms with Gasteiger partial charge in [0.05, 0.1) is 25.4 Å². The van der Waals surface area contributed by atoms with E-state index in [0.29, 0.717) is 19.3 Å². The third-order valence-corrected chi connectivity index (χ3v) is 19.2. The van der Waals surface area contributed by atoms with E-state index in [-0.39, 0.29) is 13.0 Å². The van der Waals surface area contributed by atoms with Gasteiger partial charge in [-0.05, 0) is 25.7 Å². The maximum Gasteiger partial charge on any atom is 0.306 e. The number of rotatable bonds is 70. The Morgan fingerprint density at radius 1 is 0.427 bits per heavy atom. The first-order chi connectivity index (χ1) is 43.7. The molecule has 528 valence electrons. The molecular weight excluding hydrogens is 1110 g/mol. The molecule has 1 aliphatic rings. The van der Waals surface area contributed by atoms with E-state index in [0.717, 1.165) is 57.8 Å². The Morgan fingerprint density at radius 3 is 1.06 bits per heavy atom. The van der Waals surface area contributed by atoms with Crippen LogP contribution in [0.2, 0.25) is 0 Å². The lowest BCUT2D eigenvalue weighted by atomic mass is 9.99. The number of carbonyl (C=O) groups is 2. The van der Waals surface area contributed by atoms with Crippen LogP contribution in [0, 0.1) is 0 Å². The molecule has 1 rings (SSSR count). The lowest BCUT2D eigenvalue weighted by Crippen LogP contribution is -2.61. The molecule has 1 aliphatic heterocycles. The van der Waals surface area contributed by atoms with Crippen LogP contribution in [0.1, 0.15) is 412 Å².